The van der Waals surface area contributed by atoms with Crippen LogP contribution in [-0.4, -0.2) is 49.6 Å². The van der Waals surface area contributed by atoms with Crippen LogP contribution in [0.25, 0.3) is 0 Å². The van der Waals surface area contributed by atoms with Gasteiger partial charge in [-0.1, -0.05) is 0 Å². The average molecular weight is 413 g/mol. The molecule has 0 atom stereocenters. The normalized spacial score (nSPS) is 14.1. The molecule has 0 radical (unpaired) electrons. The number of methoxy groups -OCH3 is 1. The fourth-order valence-electron chi connectivity index (χ4n) is 3.29. The van der Waals surface area contributed by atoms with Crippen molar-refractivity contribution in [1.29, 1.82) is 0 Å². The number of piperidine rings is 1. The molecule has 0 saturated carbocycles. The Morgan fingerprint density at radius 3 is 2.20 bits per heavy atom. The Hall–Kier alpha value is -3.42. The number of amides is 3. The summed E-state index contributed by atoms with van der Waals surface area (Å²) in [7, 11) is 1.31. The van der Waals surface area contributed by atoms with Crippen LogP contribution in [0.4, 0.5) is 14.9 Å². The number of hydrogen-bond donors (Lipinski definition) is 2. The molecule has 3 amide bonds. The van der Waals surface area contributed by atoms with Crippen LogP contribution < -0.4 is 10.6 Å². The number of halogens is 1. The van der Waals surface area contributed by atoms with Crippen LogP contribution in [0, 0.1) is 11.7 Å². The van der Waals surface area contributed by atoms with Crippen molar-refractivity contribution in [3.8, 4) is 0 Å². The van der Waals surface area contributed by atoms with Crippen LogP contribution in [0.2, 0.25) is 0 Å². The van der Waals surface area contributed by atoms with Crippen LogP contribution in [-0.2, 0) is 4.74 Å². The summed E-state index contributed by atoms with van der Waals surface area (Å²) in [6, 6.07) is 11.7. The first-order valence-electron chi connectivity index (χ1n) is 9.74. The lowest BCUT2D eigenvalue weighted by Gasteiger charge is -2.32. The molecule has 2 aromatic rings. The molecule has 0 spiro atoms. The number of benzene rings is 2. The van der Waals surface area contributed by atoms with Gasteiger partial charge in [-0.15, -0.1) is 0 Å². The number of esters is 1. The Balaban J connectivity index is 1.42. The summed E-state index contributed by atoms with van der Waals surface area (Å²) in [5, 5.41) is 5.67. The monoisotopic (exact) mass is 413 g/mol. The number of carbonyl (C=O) groups is 3. The summed E-state index contributed by atoms with van der Waals surface area (Å²) in [6.45, 7) is 1.69. The summed E-state index contributed by atoms with van der Waals surface area (Å²) in [5.74, 6) is -0.728. The number of anilines is 1. The highest BCUT2D eigenvalue weighted by Crippen LogP contribution is 2.18. The van der Waals surface area contributed by atoms with Gasteiger partial charge < -0.3 is 20.3 Å². The van der Waals surface area contributed by atoms with Gasteiger partial charge in [0.25, 0.3) is 5.91 Å². The third kappa shape index (κ3) is 5.56. The molecule has 7 nitrogen and oxygen atoms in total. The summed E-state index contributed by atoms with van der Waals surface area (Å²) in [5.41, 5.74) is 1.41. The quantitative estimate of drug-likeness (QED) is 0.737. The van der Waals surface area contributed by atoms with Gasteiger partial charge >= 0.3 is 12.0 Å². The zero-order chi connectivity index (χ0) is 21.5. The first kappa shape index (κ1) is 21.3. The first-order chi connectivity index (χ1) is 14.5. The predicted molar refractivity (Wildman–Crippen MR) is 110 cm³/mol. The molecule has 1 saturated heterocycles. The molecular weight excluding hydrogens is 389 g/mol. The Bertz CT molecular complexity index is 892. The fraction of sp³-hybridized carbons (Fsp3) is 0.318. The minimum Gasteiger partial charge on any atom is -0.465 e. The Morgan fingerprint density at radius 2 is 1.60 bits per heavy atom. The lowest BCUT2D eigenvalue weighted by Crippen LogP contribution is -2.43. The Kier molecular flexibility index (Phi) is 7.00. The van der Waals surface area contributed by atoms with Crippen LogP contribution in [0.15, 0.2) is 48.5 Å². The largest absolute Gasteiger partial charge is 0.465 e. The lowest BCUT2D eigenvalue weighted by molar-refractivity contribution is 0.0600. The second kappa shape index (κ2) is 9.87. The highest BCUT2D eigenvalue weighted by atomic mass is 19.1. The second-order valence-corrected chi connectivity index (χ2v) is 7.15. The third-order valence-corrected chi connectivity index (χ3v) is 5.12. The molecule has 0 unspecified atom stereocenters. The molecule has 3 rings (SSSR count). The molecule has 1 fully saturated rings. The third-order valence-electron chi connectivity index (χ3n) is 5.12. The van der Waals surface area contributed by atoms with Crippen molar-refractivity contribution < 1.29 is 23.5 Å². The van der Waals surface area contributed by atoms with Crippen molar-refractivity contribution >= 4 is 23.6 Å². The second-order valence-electron chi connectivity index (χ2n) is 7.15. The number of ether oxygens (including phenoxy) is 1. The number of likely N-dealkylation sites (tertiary alicyclic amines) is 1. The molecule has 1 heterocycles. The maximum atomic E-state index is 13.0. The van der Waals surface area contributed by atoms with Gasteiger partial charge in [-0.2, -0.15) is 0 Å². The highest BCUT2D eigenvalue weighted by molar-refractivity contribution is 5.96. The van der Waals surface area contributed by atoms with E-state index >= 15 is 0 Å². The molecule has 0 aromatic heterocycles. The van der Waals surface area contributed by atoms with E-state index in [1.165, 1.54) is 31.4 Å². The van der Waals surface area contributed by atoms with Gasteiger partial charge in [0.2, 0.25) is 0 Å². The molecule has 30 heavy (non-hydrogen) atoms. The number of carbonyl (C=O) groups excluding carboxylic acids is 3. The molecule has 158 valence electrons. The number of urea groups is 1. The molecule has 2 aromatic carbocycles. The molecule has 0 aliphatic carbocycles. The first-order valence-corrected chi connectivity index (χ1v) is 9.74. The smallest absolute Gasteiger partial charge is 0.337 e. The van der Waals surface area contributed by atoms with Crippen LogP contribution in [0.3, 0.4) is 0 Å². The zero-order valence-electron chi connectivity index (χ0n) is 16.7. The van der Waals surface area contributed by atoms with Crippen molar-refractivity contribution in [3.05, 3.63) is 65.5 Å². The van der Waals surface area contributed by atoms with E-state index in [0.29, 0.717) is 36.4 Å². The van der Waals surface area contributed by atoms with Gasteiger partial charge in [0.1, 0.15) is 5.82 Å². The topological polar surface area (TPSA) is 87.7 Å². The lowest BCUT2D eigenvalue weighted by atomic mass is 9.97. The number of hydrogen-bond acceptors (Lipinski definition) is 4. The van der Waals surface area contributed by atoms with Crippen molar-refractivity contribution in [2.24, 2.45) is 5.92 Å². The standard InChI is InChI=1S/C22H24FN3O4/c1-30-21(28)17-4-2-16(3-5-17)20(27)24-14-15-10-12-26(13-11-15)22(29)25-19-8-6-18(23)7-9-19/h2-9,15H,10-14H2,1H3,(H,24,27)(H,25,29). The van der Waals surface area contributed by atoms with E-state index < -0.39 is 5.97 Å². The average Bonchev–Trinajstić information content (AvgIpc) is 2.78. The summed E-state index contributed by atoms with van der Waals surface area (Å²) in [4.78, 5) is 37.8. The maximum Gasteiger partial charge on any atom is 0.337 e. The maximum absolute atomic E-state index is 13.0. The van der Waals surface area contributed by atoms with E-state index in [1.807, 2.05) is 0 Å². The number of rotatable bonds is 5. The van der Waals surface area contributed by atoms with Crippen molar-refractivity contribution in [2.75, 3.05) is 32.1 Å². The molecule has 1 aliphatic rings. The predicted octanol–water partition coefficient (Wildman–Crippen LogP) is 3.29. The SMILES string of the molecule is COC(=O)c1ccc(C(=O)NCC2CCN(C(=O)Nc3ccc(F)cc3)CC2)cc1. The van der Waals surface area contributed by atoms with Crippen molar-refractivity contribution in [3.63, 3.8) is 0 Å². The molecule has 0 bridgehead atoms. The summed E-state index contributed by atoms with van der Waals surface area (Å²) >= 11 is 0. The summed E-state index contributed by atoms with van der Waals surface area (Å²) in [6.07, 6.45) is 1.55. The van der Waals surface area contributed by atoms with E-state index in [4.69, 9.17) is 0 Å². The van der Waals surface area contributed by atoms with Crippen molar-refractivity contribution in [1.82, 2.24) is 10.2 Å². The number of nitrogens with zero attached hydrogens (tertiary/aromatic N) is 1. The van der Waals surface area contributed by atoms with E-state index in [1.54, 1.807) is 29.2 Å². The van der Waals surface area contributed by atoms with E-state index in [9.17, 15) is 18.8 Å². The molecule has 2 N–H and O–H groups in total. The van der Waals surface area contributed by atoms with Gasteiger partial charge in [0.15, 0.2) is 0 Å². The van der Waals surface area contributed by atoms with Crippen molar-refractivity contribution in [2.45, 2.75) is 12.8 Å². The molecule has 1 aliphatic heterocycles. The number of nitrogens with one attached hydrogen (secondary N) is 2. The molecular formula is C22H24FN3O4. The van der Waals surface area contributed by atoms with Gasteiger partial charge in [0, 0.05) is 30.9 Å². The summed E-state index contributed by atoms with van der Waals surface area (Å²) < 4.78 is 17.6. The Morgan fingerprint density at radius 1 is 1.00 bits per heavy atom. The van der Waals surface area contributed by atoms with Crippen LogP contribution in [0.1, 0.15) is 33.6 Å². The van der Waals surface area contributed by atoms with E-state index in [-0.39, 0.29) is 23.7 Å². The van der Waals surface area contributed by atoms with E-state index in [0.717, 1.165) is 12.8 Å². The fourth-order valence-corrected chi connectivity index (χ4v) is 3.29. The molecule has 8 heteroatoms. The van der Waals surface area contributed by atoms with Crippen LogP contribution >= 0.6 is 0 Å². The van der Waals surface area contributed by atoms with Gasteiger partial charge in [-0.3, -0.25) is 4.79 Å². The Labute approximate surface area is 174 Å². The van der Waals surface area contributed by atoms with E-state index in [2.05, 4.69) is 15.4 Å². The minimum absolute atomic E-state index is 0.206. The van der Waals surface area contributed by atoms with Gasteiger partial charge in [-0.05, 0) is 67.3 Å². The highest BCUT2D eigenvalue weighted by Gasteiger charge is 2.23. The minimum atomic E-state index is -0.447. The van der Waals surface area contributed by atoms with Crippen LogP contribution in [0.5, 0.6) is 0 Å². The zero-order valence-corrected chi connectivity index (χ0v) is 16.7. The van der Waals surface area contributed by atoms with Gasteiger partial charge in [0.05, 0.1) is 12.7 Å². The van der Waals surface area contributed by atoms with Gasteiger partial charge in [-0.25, -0.2) is 14.0 Å².